The second-order valence-corrected chi connectivity index (χ2v) is 6.59. The van der Waals surface area contributed by atoms with E-state index in [0.717, 1.165) is 56.6 Å². The summed E-state index contributed by atoms with van der Waals surface area (Å²) < 4.78 is 5.96. The Morgan fingerprint density at radius 3 is 2.86 bits per heavy atom. The van der Waals surface area contributed by atoms with Crippen molar-refractivity contribution < 1.29 is 9.53 Å². The number of amides is 1. The Morgan fingerprint density at radius 2 is 2.05 bits per heavy atom. The van der Waals surface area contributed by atoms with Gasteiger partial charge in [0.15, 0.2) is 0 Å². The third kappa shape index (κ3) is 3.07. The number of hydrogen-bond acceptors (Lipinski definition) is 2. The SMILES string of the molecule is CCCC1CCc2cc3c(cc2NC1=O)CCC(C)CO3. The van der Waals surface area contributed by atoms with Crippen LogP contribution in [-0.4, -0.2) is 12.5 Å². The summed E-state index contributed by atoms with van der Waals surface area (Å²) in [5.41, 5.74) is 3.48. The van der Waals surface area contributed by atoms with E-state index in [1.54, 1.807) is 0 Å². The van der Waals surface area contributed by atoms with Gasteiger partial charge in [0.05, 0.1) is 6.61 Å². The largest absolute Gasteiger partial charge is 0.493 e. The van der Waals surface area contributed by atoms with Gasteiger partial charge in [-0.3, -0.25) is 4.79 Å². The number of fused-ring (bicyclic) bond motifs is 2. The van der Waals surface area contributed by atoms with Crippen molar-refractivity contribution in [3.63, 3.8) is 0 Å². The molecule has 3 heteroatoms. The molecule has 3 rings (SSSR count). The monoisotopic (exact) mass is 287 g/mol. The van der Waals surface area contributed by atoms with Crippen LogP contribution in [0.4, 0.5) is 5.69 Å². The molecule has 21 heavy (non-hydrogen) atoms. The van der Waals surface area contributed by atoms with Crippen LogP contribution < -0.4 is 10.1 Å². The predicted octanol–water partition coefficient (Wildman–Crippen LogP) is 3.95. The van der Waals surface area contributed by atoms with Crippen LogP contribution in [0.1, 0.15) is 50.7 Å². The van der Waals surface area contributed by atoms with E-state index in [1.807, 2.05) is 0 Å². The van der Waals surface area contributed by atoms with Crippen molar-refractivity contribution in [1.29, 1.82) is 0 Å². The van der Waals surface area contributed by atoms with Gasteiger partial charge in [-0.15, -0.1) is 0 Å². The number of carbonyl (C=O) groups is 1. The van der Waals surface area contributed by atoms with E-state index >= 15 is 0 Å². The minimum atomic E-state index is 0.156. The Balaban J connectivity index is 1.87. The minimum Gasteiger partial charge on any atom is -0.493 e. The lowest BCUT2D eigenvalue weighted by Gasteiger charge is -2.13. The lowest BCUT2D eigenvalue weighted by molar-refractivity contribution is -0.120. The second-order valence-electron chi connectivity index (χ2n) is 6.59. The average Bonchev–Trinajstić information content (AvgIpc) is 2.73. The molecule has 2 unspecified atom stereocenters. The third-order valence-corrected chi connectivity index (χ3v) is 4.74. The summed E-state index contributed by atoms with van der Waals surface area (Å²) >= 11 is 0. The third-order valence-electron chi connectivity index (χ3n) is 4.74. The zero-order chi connectivity index (χ0) is 14.8. The number of nitrogens with one attached hydrogen (secondary N) is 1. The van der Waals surface area contributed by atoms with E-state index in [-0.39, 0.29) is 11.8 Å². The summed E-state index contributed by atoms with van der Waals surface area (Å²) in [6.07, 6.45) is 6.14. The van der Waals surface area contributed by atoms with Gasteiger partial charge in [0.2, 0.25) is 5.91 Å². The Bertz CT molecular complexity index is 538. The molecular weight excluding hydrogens is 262 g/mol. The lowest BCUT2D eigenvalue weighted by Crippen LogP contribution is -2.21. The molecule has 2 heterocycles. The molecule has 0 saturated carbocycles. The van der Waals surface area contributed by atoms with Gasteiger partial charge in [-0.05, 0) is 61.3 Å². The molecule has 0 fully saturated rings. The second kappa shape index (κ2) is 6.08. The number of hydrogen-bond donors (Lipinski definition) is 1. The Hall–Kier alpha value is -1.51. The topological polar surface area (TPSA) is 38.3 Å². The number of aryl methyl sites for hydroxylation is 2. The summed E-state index contributed by atoms with van der Waals surface area (Å²) in [6, 6.07) is 4.31. The molecule has 0 saturated heterocycles. The van der Waals surface area contributed by atoms with E-state index in [0.29, 0.717) is 5.92 Å². The Morgan fingerprint density at radius 1 is 1.24 bits per heavy atom. The van der Waals surface area contributed by atoms with Gasteiger partial charge in [0.1, 0.15) is 5.75 Å². The minimum absolute atomic E-state index is 0.156. The van der Waals surface area contributed by atoms with Gasteiger partial charge in [-0.1, -0.05) is 20.3 Å². The molecule has 114 valence electrons. The number of carbonyl (C=O) groups excluding carboxylic acids is 1. The molecule has 1 amide bonds. The molecule has 1 aromatic carbocycles. The first-order valence-corrected chi connectivity index (χ1v) is 8.26. The highest BCUT2D eigenvalue weighted by Crippen LogP contribution is 2.35. The molecule has 0 aromatic heterocycles. The first kappa shape index (κ1) is 14.4. The van der Waals surface area contributed by atoms with Crippen LogP contribution in [0.3, 0.4) is 0 Å². The molecule has 0 aliphatic carbocycles. The maximum absolute atomic E-state index is 12.3. The maximum atomic E-state index is 12.3. The summed E-state index contributed by atoms with van der Waals surface area (Å²) in [6.45, 7) is 5.17. The van der Waals surface area contributed by atoms with Crippen LogP contribution >= 0.6 is 0 Å². The molecule has 0 spiro atoms. The predicted molar refractivity (Wildman–Crippen MR) is 84.8 cm³/mol. The Kier molecular flexibility index (Phi) is 4.18. The molecule has 0 radical (unpaired) electrons. The van der Waals surface area contributed by atoms with Gasteiger partial charge in [0, 0.05) is 11.6 Å². The molecule has 2 aliphatic heterocycles. The van der Waals surface area contributed by atoms with Crippen molar-refractivity contribution >= 4 is 11.6 Å². The van der Waals surface area contributed by atoms with Crippen LogP contribution in [-0.2, 0) is 17.6 Å². The quantitative estimate of drug-likeness (QED) is 0.894. The normalized spacial score (nSPS) is 25.0. The summed E-state index contributed by atoms with van der Waals surface area (Å²) in [4.78, 5) is 12.3. The number of rotatable bonds is 2. The zero-order valence-electron chi connectivity index (χ0n) is 13.1. The van der Waals surface area contributed by atoms with E-state index in [1.165, 1.54) is 11.1 Å². The number of anilines is 1. The van der Waals surface area contributed by atoms with Crippen LogP contribution in [0.25, 0.3) is 0 Å². The van der Waals surface area contributed by atoms with Crippen LogP contribution in [0.15, 0.2) is 12.1 Å². The fourth-order valence-corrected chi connectivity index (χ4v) is 3.36. The van der Waals surface area contributed by atoms with E-state index in [4.69, 9.17) is 4.74 Å². The lowest BCUT2D eigenvalue weighted by atomic mass is 9.95. The highest BCUT2D eigenvalue weighted by molar-refractivity contribution is 5.94. The molecule has 1 N–H and O–H groups in total. The first-order valence-electron chi connectivity index (χ1n) is 8.26. The van der Waals surface area contributed by atoms with Gasteiger partial charge in [-0.25, -0.2) is 0 Å². The molecule has 1 aromatic rings. The standard InChI is InChI=1S/C18H25NO2/c1-3-4-13-7-8-14-10-17-15(6-5-12(2)11-21-17)9-16(14)19-18(13)20/h9-10,12-13H,3-8,11H2,1-2H3,(H,19,20). The van der Waals surface area contributed by atoms with Crippen molar-refractivity contribution in [2.24, 2.45) is 11.8 Å². The van der Waals surface area contributed by atoms with Crippen molar-refractivity contribution in [2.75, 3.05) is 11.9 Å². The number of benzene rings is 1. The van der Waals surface area contributed by atoms with Crippen molar-refractivity contribution in [2.45, 2.75) is 52.4 Å². The van der Waals surface area contributed by atoms with Gasteiger partial charge in [-0.2, -0.15) is 0 Å². The van der Waals surface area contributed by atoms with Crippen LogP contribution in [0, 0.1) is 11.8 Å². The van der Waals surface area contributed by atoms with Gasteiger partial charge < -0.3 is 10.1 Å². The summed E-state index contributed by atoms with van der Waals surface area (Å²) in [7, 11) is 0. The maximum Gasteiger partial charge on any atom is 0.227 e. The fraction of sp³-hybridized carbons (Fsp3) is 0.611. The van der Waals surface area contributed by atoms with Crippen LogP contribution in [0.2, 0.25) is 0 Å². The van der Waals surface area contributed by atoms with E-state index in [2.05, 4.69) is 31.3 Å². The average molecular weight is 287 g/mol. The molecule has 0 bridgehead atoms. The van der Waals surface area contributed by atoms with Crippen molar-refractivity contribution in [3.05, 3.63) is 23.3 Å². The molecule has 2 aliphatic rings. The van der Waals surface area contributed by atoms with Crippen LogP contribution in [0.5, 0.6) is 5.75 Å². The summed E-state index contributed by atoms with van der Waals surface area (Å²) in [5, 5.41) is 3.14. The molecular formula is C18H25NO2. The Labute approximate surface area is 127 Å². The highest BCUT2D eigenvalue weighted by atomic mass is 16.5. The van der Waals surface area contributed by atoms with E-state index in [9.17, 15) is 4.79 Å². The van der Waals surface area contributed by atoms with Gasteiger partial charge in [0.25, 0.3) is 0 Å². The zero-order valence-corrected chi connectivity index (χ0v) is 13.1. The number of ether oxygens (including phenoxy) is 1. The van der Waals surface area contributed by atoms with E-state index < -0.39 is 0 Å². The van der Waals surface area contributed by atoms with Crippen molar-refractivity contribution in [1.82, 2.24) is 0 Å². The van der Waals surface area contributed by atoms with Crippen molar-refractivity contribution in [3.8, 4) is 5.75 Å². The summed E-state index contributed by atoms with van der Waals surface area (Å²) in [5.74, 6) is 1.98. The smallest absolute Gasteiger partial charge is 0.227 e. The highest BCUT2D eigenvalue weighted by Gasteiger charge is 2.25. The fourth-order valence-electron chi connectivity index (χ4n) is 3.36. The molecule has 3 nitrogen and oxygen atoms in total. The van der Waals surface area contributed by atoms with Gasteiger partial charge >= 0.3 is 0 Å². The first-order chi connectivity index (χ1) is 10.2. The molecule has 2 atom stereocenters.